The van der Waals surface area contributed by atoms with Crippen molar-refractivity contribution in [2.75, 3.05) is 24.4 Å². The van der Waals surface area contributed by atoms with E-state index in [1.54, 1.807) is 30.5 Å². The average Bonchev–Trinajstić information content (AvgIpc) is 3.22. The zero-order valence-corrected chi connectivity index (χ0v) is 22.9. The summed E-state index contributed by atoms with van der Waals surface area (Å²) in [6.45, 7) is 3.40. The van der Waals surface area contributed by atoms with Crippen LogP contribution in [0.25, 0.3) is 21.7 Å². The summed E-state index contributed by atoms with van der Waals surface area (Å²) in [6, 6.07) is 9.11. The van der Waals surface area contributed by atoms with Crippen molar-refractivity contribution in [3.8, 4) is 11.6 Å². The number of halogens is 1. The van der Waals surface area contributed by atoms with Gasteiger partial charge >= 0.3 is 6.16 Å². The maximum atomic E-state index is 13.4. The first-order valence-corrected chi connectivity index (χ1v) is 14.2. The lowest BCUT2D eigenvalue weighted by Gasteiger charge is -2.21. The second kappa shape index (κ2) is 11.4. The Bertz CT molecular complexity index is 1600. The molecule has 10 nitrogen and oxygen atoms in total. The molecule has 12 heteroatoms. The number of carbonyl (C=O) groups is 1. The van der Waals surface area contributed by atoms with Gasteiger partial charge in [0.25, 0.3) is 0 Å². The third-order valence-electron chi connectivity index (χ3n) is 6.44. The van der Waals surface area contributed by atoms with Crippen LogP contribution in [0.2, 0.25) is 0 Å². The van der Waals surface area contributed by atoms with Crippen molar-refractivity contribution in [1.82, 2.24) is 9.55 Å². The van der Waals surface area contributed by atoms with Crippen molar-refractivity contribution < 1.29 is 36.9 Å². The van der Waals surface area contributed by atoms with E-state index in [0.717, 1.165) is 10.6 Å². The molecule has 4 aromatic rings. The normalized spacial score (nSPS) is 11.7. The molecule has 0 unspecified atom stereocenters. The van der Waals surface area contributed by atoms with Gasteiger partial charge in [-0.25, -0.2) is 17.6 Å². The fourth-order valence-electron chi connectivity index (χ4n) is 4.30. The summed E-state index contributed by atoms with van der Waals surface area (Å²) in [4.78, 5) is 16.5. The molecule has 0 bridgehead atoms. The number of rotatable bonds is 10. The monoisotopic (exact) mass is 559 g/mol. The molecule has 0 amide bonds. The Balaban J connectivity index is 1.84. The van der Waals surface area contributed by atoms with Gasteiger partial charge < -0.3 is 23.9 Å². The van der Waals surface area contributed by atoms with Crippen LogP contribution in [-0.4, -0.2) is 55.4 Å². The number of aromatic nitrogens is 2. The van der Waals surface area contributed by atoms with E-state index < -0.39 is 28.8 Å². The van der Waals surface area contributed by atoms with Crippen LogP contribution in [-0.2, 0) is 26.0 Å². The van der Waals surface area contributed by atoms with Gasteiger partial charge in [0.05, 0.1) is 23.9 Å². The summed E-state index contributed by atoms with van der Waals surface area (Å²) in [7, 11) is -2.31. The quantitative estimate of drug-likeness (QED) is 0.209. The van der Waals surface area contributed by atoms with Crippen molar-refractivity contribution in [3.63, 3.8) is 0 Å². The number of hydrogen-bond acceptors (Lipinski definition) is 8. The molecule has 0 saturated carbocycles. The number of nitrogens with zero attached hydrogens (tertiary/aromatic N) is 3. The van der Waals surface area contributed by atoms with Gasteiger partial charge in [0.2, 0.25) is 22.7 Å². The van der Waals surface area contributed by atoms with Gasteiger partial charge in [0.15, 0.2) is 5.75 Å². The molecule has 4 rings (SSSR count). The van der Waals surface area contributed by atoms with E-state index in [9.17, 15) is 22.7 Å². The van der Waals surface area contributed by atoms with Crippen LogP contribution in [0.4, 0.5) is 14.9 Å². The summed E-state index contributed by atoms with van der Waals surface area (Å²) >= 11 is 0. The fraction of sp³-hybridized carbons (Fsp3) is 0.333. The van der Waals surface area contributed by atoms with Crippen LogP contribution in [0.1, 0.15) is 32.3 Å². The molecule has 0 atom stereocenters. The Morgan fingerprint density at radius 2 is 1.85 bits per heavy atom. The molecule has 208 valence electrons. The molecular weight excluding hydrogens is 529 g/mol. The predicted molar refractivity (Wildman–Crippen MR) is 145 cm³/mol. The second-order valence-corrected chi connectivity index (χ2v) is 11.0. The molecule has 0 saturated heterocycles. The van der Waals surface area contributed by atoms with Crippen molar-refractivity contribution in [2.24, 2.45) is 0 Å². The lowest BCUT2D eigenvalue weighted by atomic mass is 10.1. The number of benzene rings is 2. The standard InChI is InChI=1S/C27H30FN3O7S/c1-5-19(6-2)38-27(33)37-16-36-25-22-21(15-31(26(22)32)14-17-9-11-18(28)12-10-17)24(30(3)39(4,34)35)20-8-7-13-29-23(20)25/h7-13,15,19,32H,5-6,14,16H2,1-4H3. The summed E-state index contributed by atoms with van der Waals surface area (Å²) in [5, 5.41) is 12.3. The minimum atomic E-state index is -3.72. The van der Waals surface area contributed by atoms with Crippen LogP contribution in [0.15, 0.2) is 48.8 Å². The Hall–Kier alpha value is -4.06. The zero-order chi connectivity index (χ0) is 28.3. The number of fused-ring (bicyclic) bond motifs is 2. The first-order valence-electron chi connectivity index (χ1n) is 12.3. The fourth-order valence-corrected chi connectivity index (χ4v) is 4.83. The lowest BCUT2D eigenvalue weighted by molar-refractivity contribution is -0.0159. The highest BCUT2D eigenvalue weighted by molar-refractivity contribution is 7.92. The van der Waals surface area contributed by atoms with Gasteiger partial charge in [-0.2, -0.15) is 0 Å². The van der Waals surface area contributed by atoms with Gasteiger partial charge in [0.1, 0.15) is 17.4 Å². The molecule has 0 aliphatic carbocycles. The third kappa shape index (κ3) is 5.85. The predicted octanol–water partition coefficient (Wildman–Crippen LogP) is 5.16. The van der Waals surface area contributed by atoms with Crippen LogP contribution in [0.3, 0.4) is 0 Å². The average molecular weight is 560 g/mol. The molecular formula is C27H30FN3O7S. The minimum Gasteiger partial charge on any atom is -0.494 e. The molecule has 2 aromatic heterocycles. The van der Waals surface area contributed by atoms with E-state index in [2.05, 4.69) is 4.98 Å². The van der Waals surface area contributed by atoms with Crippen LogP contribution < -0.4 is 9.04 Å². The van der Waals surface area contributed by atoms with E-state index in [1.807, 2.05) is 13.8 Å². The Morgan fingerprint density at radius 1 is 1.15 bits per heavy atom. The maximum absolute atomic E-state index is 13.4. The molecule has 0 aliphatic heterocycles. The minimum absolute atomic E-state index is 0.0944. The molecule has 0 aliphatic rings. The third-order valence-corrected chi connectivity index (χ3v) is 7.62. The van der Waals surface area contributed by atoms with Crippen molar-refractivity contribution in [2.45, 2.75) is 39.3 Å². The summed E-state index contributed by atoms with van der Waals surface area (Å²) < 4.78 is 57.5. The van der Waals surface area contributed by atoms with Crippen molar-refractivity contribution in [3.05, 3.63) is 60.2 Å². The Morgan fingerprint density at radius 3 is 2.49 bits per heavy atom. The van der Waals surface area contributed by atoms with E-state index in [4.69, 9.17) is 14.2 Å². The number of carbonyl (C=O) groups excluding carboxylic acids is 1. The number of sulfonamides is 1. The Kier molecular flexibility index (Phi) is 8.14. The van der Waals surface area contributed by atoms with Crippen LogP contribution >= 0.6 is 0 Å². The smallest absolute Gasteiger partial charge is 0.494 e. The number of ether oxygens (including phenoxy) is 3. The number of pyridine rings is 1. The van der Waals surface area contributed by atoms with Crippen LogP contribution in [0.5, 0.6) is 11.6 Å². The van der Waals surface area contributed by atoms with Crippen LogP contribution in [0, 0.1) is 5.82 Å². The molecule has 0 radical (unpaired) electrons. The molecule has 0 fully saturated rings. The van der Waals surface area contributed by atoms with Gasteiger partial charge in [-0.05, 0) is 42.7 Å². The van der Waals surface area contributed by atoms with E-state index in [0.29, 0.717) is 29.2 Å². The topological polar surface area (TPSA) is 120 Å². The first-order chi connectivity index (χ1) is 18.5. The summed E-state index contributed by atoms with van der Waals surface area (Å²) in [5.41, 5.74) is 1.23. The molecule has 2 aromatic carbocycles. The van der Waals surface area contributed by atoms with E-state index in [-0.39, 0.29) is 40.9 Å². The first kappa shape index (κ1) is 28.0. The lowest BCUT2D eigenvalue weighted by Crippen LogP contribution is -2.25. The van der Waals surface area contributed by atoms with Crippen molar-refractivity contribution >= 4 is 43.5 Å². The second-order valence-electron chi connectivity index (χ2n) is 9.02. The van der Waals surface area contributed by atoms with Gasteiger partial charge in [0, 0.05) is 30.2 Å². The highest BCUT2D eigenvalue weighted by atomic mass is 32.2. The molecule has 2 heterocycles. The van der Waals surface area contributed by atoms with E-state index in [1.165, 1.54) is 29.9 Å². The maximum Gasteiger partial charge on any atom is 0.511 e. The molecule has 0 spiro atoms. The van der Waals surface area contributed by atoms with E-state index >= 15 is 0 Å². The van der Waals surface area contributed by atoms with Gasteiger partial charge in [-0.15, -0.1) is 0 Å². The highest BCUT2D eigenvalue weighted by Gasteiger charge is 2.27. The molecule has 39 heavy (non-hydrogen) atoms. The summed E-state index contributed by atoms with van der Waals surface area (Å²) in [5.74, 6) is -0.537. The van der Waals surface area contributed by atoms with Gasteiger partial charge in [-0.3, -0.25) is 9.29 Å². The SMILES string of the molecule is CCC(CC)OC(=O)OCOc1c2ncccc2c(N(C)S(C)(=O)=O)c2cn(Cc3ccc(F)cc3)c(O)c12. The number of hydrogen-bond donors (Lipinski definition) is 1. The Labute approximate surface area is 225 Å². The largest absolute Gasteiger partial charge is 0.511 e. The summed E-state index contributed by atoms with van der Waals surface area (Å²) in [6.07, 6.45) is 4.23. The highest BCUT2D eigenvalue weighted by Crippen LogP contribution is 2.47. The van der Waals surface area contributed by atoms with Gasteiger partial charge in [-0.1, -0.05) is 26.0 Å². The van der Waals surface area contributed by atoms with Crippen molar-refractivity contribution in [1.29, 1.82) is 0 Å². The zero-order valence-electron chi connectivity index (χ0n) is 22.0. The number of aromatic hydroxyl groups is 1. The molecule has 1 N–H and O–H groups in total. The number of anilines is 1.